The van der Waals surface area contributed by atoms with Crippen molar-refractivity contribution in [2.24, 2.45) is 17.8 Å². The third kappa shape index (κ3) is 5.00. The molecule has 3 amide bonds. The summed E-state index contributed by atoms with van der Waals surface area (Å²) in [6, 6.07) is 6.54. The highest BCUT2D eigenvalue weighted by Gasteiger charge is 2.79. The predicted molar refractivity (Wildman–Crippen MR) is 151 cm³/mol. The molecule has 1 aliphatic carbocycles. The molecular formula is C31H45N3O6. The van der Waals surface area contributed by atoms with Gasteiger partial charge in [-0.3, -0.25) is 14.4 Å². The zero-order chi connectivity index (χ0) is 28.5. The number of aliphatic hydroxyl groups excluding tert-OH is 1. The Labute approximate surface area is 237 Å². The van der Waals surface area contributed by atoms with E-state index in [-0.39, 0.29) is 36.3 Å². The first kappa shape index (κ1) is 28.9. The van der Waals surface area contributed by atoms with Crippen molar-refractivity contribution < 1.29 is 29.0 Å². The first-order chi connectivity index (χ1) is 19.2. The molecule has 4 fully saturated rings. The highest BCUT2D eigenvalue weighted by Crippen LogP contribution is 2.65. The van der Waals surface area contributed by atoms with E-state index in [1.54, 1.807) is 17.0 Å². The van der Waals surface area contributed by atoms with Crippen LogP contribution in [0.15, 0.2) is 24.3 Å². The fourth-order valence-electron chi connectivity index (χ4n) is 7.80. The van der Waals surface area contributed by atoms with Gasteiger partial charge in [0.1, 0.15) is 17.4 Å². The Hall–Kier alpha value is -2.65. The Morgan fingerprint density at radius 3 is 2.50 bits per heavy atom. The number of carbonyl (C=O) groups excluding carboxylic acids is 3. The maximum absolute atomic E-state index is 14.2. The molecular weight excluding hydrogens is 510 g/mol. The Morgan fingerprint density at radius 1 is 1.10 bits per heavy atom. The molecule has 1 saturated carbocycles. The molecule has 5 rings (SSSR count). The molecule has 4 aliphatic rings. The highest BCUT2D eigenvalue weighted by atomic mass is 16.5. The molecule has 3 N–H and O–H groups in total. The number of anilines is 1. The molecule has 6 atom stereocenters. The number of fused-ring (bicyclic) bond motifs is 1. The summed E-state index contributed by atoms with van der Waals surface area (Å²) in [5, 5.41) is 15.5. The van der Waals surface area contributed by atoms with E-state index in [0.717, 1.165) is 37.9 Å². The molecule has 40 heavy (non-hydrogen) atoms. The minimum atomic E-state index is -1.04. The summed E-state index contributed by atoms with van der Waals surface area (Å²) in [6.45, 7) is 6.97. The molecule has 3 aliphatic heterocycles. The molecule has 1 aromatic carbocycles. The van der Waals surface area contributed by atoms with Gasteiger partial charge in [0.15, 0.2) is 0 Å². The SMILES string of the molecule is CCOc1ccc(NC(=O)[C@H]2[C@H]3C(=O)N(CCCCCO)C(C(=O)NC4CCCCC4)C34CC(C)[C@]2(C)O4)cc1. The van der Waals surface area contributed by atoms with E-state index in [2.05, 4.69) is 17.6 Å². The lowest BCUT2D eigenvalue weighted by molar-refractivity contribution is -0.146. The van der Waals surface area contributed by atoms with Gasteiger partial charge in [-0.25, -0.2) is 0 Å². The Balaban J connectivity index is 1.43. The van der Waals surface area contributed by atoms with E-state index >= 15 is 0 Å². The zero-order valence-electron chi connectivity index (χ0n) is 24.1. The number of nitrogens with one attached hydrogen (secondary N) is 2. The predicted octanol–water partition coefficient (Wildman–Crippen LogP) is 3.65. The maximum Gasteiger partial charge on any atom is 0.246 e. The monoisotopic (exact) mass is 555 g/mol. The van der Waals surface area contributed by atoms with Gasteiger partial charge in [0.2, 0.25) is 17.7 Å². The maximum atomic E-state index is 14.2. The number of amides is 3. The fraction of sp³-hybridized carbons (Fsp3) is 0.710. The minimum Gasteiger partial charge on any atom is -0.494 e. The van der Waals surface area contributed by atoms with Crippen molar-refractivity contribution in [1.82, 2.24) is 10.2 Å². The van der Waals surface area contributed by atoms with Crippen LogP contribution in [0.3, 0.4) is 0 Å². The van der Waals surface area contributed by atoms with Crippen molar-refractivity contribution in [2.45, 2.75) is 102 Å². The van der Waals surface area contributed by atoms with Crippen LogP contribution in [-0.2, 0) is 19.1 Å². The minimum absolute atomic E-state index is 0.00745. The number of hydrogen-bond acceptors (Lipinski definition) is 6. The van der Waals surface area contributed by atoms with Gasteiger partial charge in [-0.05, 0) is 82.6 Å². The number of aliphatic hydroxyl groups is 1. The second kappa shape index (κ2) is 11.7. The van der Waals surface area contributed by atoms with Gasteiger partial charge in [0.05, 0.1) is 24.0 Å². The normalized spacial score (nSPS) is 33.2. The van der Waals surface area contributed by atoms with Gasteiger partial charge in [-0.15, -0.1) is 0 Å². The van der Waals surface area contributed by atoms with Gasteiger partial charge in [-0.1, -0.05) is 26.2 Å². The van der Waals surface area contributed by atoms with Crippen LogP contribution in [0.2, 0.25) is 0 Å². The Morgan fingerprint density at radius 2 is 1.82 bits per heavy atom. The number of ether oxygens (including phenoxy) is 2. The van der Waals surface area contributed by atoms with E-state index in [9.17, 15) is 19.5 Å². The van der Waals surface area contributed by atoms with E-state index in [0.29, 0.717) is 38.1 Å². The molecule has 0 aromatic heterocycles. The topological polar surface area (TPSA) is 117 Å². The summed E-state index contributed by atoms with van der Waals surface area (Å²) in [4.78, 5) is 43.8. The molecule has 9 heteroatoms. The summed E-state index contributed by atoms with van der Waals surface area (Å²) in [7, 11) is 0. The summed E-state index contributed by atoms with van der Waals surface area (Å²) in [5.74, 6) is -1.32. The first-order valence-corrected chi connectivity index (χ1v) is 15.2. The van der Waals surface area contributed by atoms with Crippen molar-refractivity contribution in [3.05, 3.63) is 24.3 Å². The third-order valence-electron chi connectivity index (χ3n) is 9.79. The van der Waals surface area contributed by atoms with E-state index in [4.69, 9.17) is 9.47 Å². The first-order valence-electron chi connectivity index (χ1n) is 15.2. The van der Waals surface area contributed by atoms with Crippen molar-refractivity contribution in [3.8, 4) is 5.75 Å². The standard InChI is InChI=1S/C31H45N3O6/c1-4-39-23-15-13-22(14-16-23)32-27(36)24-25-29(38)34(17-9-6-10-18-35)26(28(37)33-21-11-7-5-8-12-21)31(25)19-20(2)30(24,3)40-31/h13-16,20-21,24-26,35H,4-12,17-19H2,1-3H3,(H,32,36)(H,33,37)/t20?,24-,25+,26?,30+,31?/m1/s1. The van der Waals surface area contributed by atoms with Gasteiger partial charge < -0.3 is 30.1 Å². The lowest BCUT2D eigenvalue weighted by atomic mass is 9.62. The Kier molecular flexibility index (Phi) is 8.43. The van der Waals surface area contributed by atoms with Crippen LogP contribution in [0.5, 0.6) is 5.75 Å². The quantitative estimate of drug-likeness (QED) is 0.359. The molecule has 9 nitrogen and oxygen atoms in total. The van der Waals surface area contributed by atoms with E-state index < -0.39 is 29.1 Å². The molecule has 3 heterocycles. The van der Waals surface area contributed by atoms with Crippen molar-refractivity contribution >= 4 is 23.4 Å². The average Bonchev–Trinajstić information content (AvgIpc) is 3.45. The van der Waals surface area contributed by atoms with Gasteiger partial charge in [-0.2, -0.15) is 0 Å². The summed E-state index contributed by atoms with van der Waals surface area (Å²) >= 11 is 0. The van der Waals surface area contributed by atoms with Gasteiger partial charge in [0.25, 0.3) is 0 Å². The molecule has 2 bridgehead atoms. The van der Waals surface area contributed by atoms with Crippen LogP contribution < -0.4 is 15.4 Å². The number of likely N-dealkylation sites (tertiary alicyclic amines) is 1. The molecule has 1 aromatic rings. The number of hydrogen-bond donors (Lipinski definition) is 3. The molecule has 3 unspecified atom stereocenters. The van der Waals surface area contributed by atoms with Crippen LogP contribution >= 0.6 is 0 Å². The number of unbranched alkanes of at least 4 members (excludes halogenated alkanes) is 2. The lowest BCUT2D eigenvalue weighted by Crippen LogP contribution is -2.57. The van der Waals surface area contributed by atoms with Crippen molar-refractivity contribution in [1.29, 1.82) is 0 Å². The molecule has 220 valence electrons. The average molecular weight is 556 g/mol. The third-order valence-corrected chi connectivity index (χ3v) is 9.79. The van der Waals surface area contributed by atoms with Crippen molar-refractivity contribution in [3.63, 3.8) is 0 Å². The summed E-state index contributed by atoms with van der Waals surface area (Å²) in [6.07, 6.45) is 7.89. The smallest absolute Gasteiger partial charge is 0.246 e. The van der Waals surface area contributed by atoms with E-state index in [1.807, 2.05) is 26.0 Å². The molecule has 1 spiro atoms. The lowest BCUT2D eigenvalue weighted by Gasteiger charge is -2.36. The second-order valence-electron chi connectivity index (χ2n) is 12.3. The second-order valence-corrected chi connectivity index (χ2v) is 12.3. The Bertz CT molecular complexity index is 1090. The fourth-order valence-corrected chi connectivity index (χ4v) is 7.80. The van der Waals surface area contributed by atoms with Crippen LogP contribution in [0, 0.1) is 17.8 Å². The summed E-state index contributed by atoms with van der Waals surface area (Å²) in [5.41, 5.74) is -1.27. The number of carbonyl (C=O) groups is 3. The molecule has 3 saturated heterocycles. The van der Waals surface area contributed by atoms with E-state index in [1.165, 1.54) is 6.42 Å². The summed E-state index contributed by atoms with van der Waals surface area (Å²) < 4.78 is 12.3. The number of benzene rings is 1. The van der Waals surface area contributed by atoms with Crippen LogP contribution in [-0.4, -0.2) is 70.8 Å². The van der Waals surface area contributed by atoms with Gasteiger partial charge in [0, 0.05) is 24.9 Å². The highest BCUT2D eigenvalue weighted by molar-refractivity contribution is 6.02. The number of nitrogens with zero attached hydrogens (tertiary/aromatic N) is 1. The largest absolute Gasteiger partial charge is 0.494 e. The van der Waals surface area contributed by atoms with Crippen LogP contribution in [0.25, 0.3) is 0 Å². The van der Waals surface area contributed by atoms with Crippen LogP contribution in [0.4, 0.5) is 5.69 Å². The van der Waals surface area contributed by atoms with Crippen molar-refractivity contribution in [2.75, 3.05) is 25.1 Å². The molecule has 0 radical (unpaired) electrons. The van der Waals surface area contributed by atoms with Crippen LogP contribution in [0.1, 0.15) is 78.6 Å². The van der Waals surface area contributed by atoms with Gasteiger partial charge >= 0.3 is 0 Å². The zero-order valence-corrected chi connectivity index (χ0v) is 24.1. The number of rotatable bonds is 11.